The van der Waals surface area contributed by atoms with E-state index < -0.39 is 5.97 Å². The average molecular weight is 212 g/mol. The second-order valence-corrected chi connectivity index (χ2v) is 3.01. The van der Waals surface area contributed by atoms with Gasteiger partial charge in [0.15, 0.2) is 5.69 Å². The van der Waals surface area contributed by atoms with Gasteiger partial charge in [0.25, 0.3) is 5.91 Å². The first-order chi connectivity index (χ1) is 7.04. The topological polar surface area (TPSA) is 88.3 Å². The van der Waals surface area contributed by atoms with Gasteiger partial charge in [-0.3, -0.25) is 9.59 Å². The van der Waals surface area contributed by atoms with Crippen molar-refractivity contribution < 1.29 is 14.7 Å². The molecule has 1 aromatic rings. The molecular weight excluding hydrogens is 200 g/mol. The molecule has 0 unspecified atom stereocenters. The highest BCUT2D eigenvalue weighted by molar-refractivity contribution is 5.91. The molecule has 0 radical (unpaired) electrons. The molecule has 15 heavy (non-hydrogen) atoms. The van der Waals surface area contributed by atoms with Crippen molar-refractivity contribution in [1.29, 1.82) is 0 Å². The van der Waals surface area contributed by atoms with Crippen LogP contribution in [0.2, 0.25) is 0 Å². The summed E-state index contributed by atoms with van der Waals surface area (Å²) in [5.74, 6) is -1.29. The Labute approximate surface area is 86.3 Å². The van der Waals surface area contributed by atoms with Gasteiger partial charge in [0.05, 0.1) is 6.20 Å². The van der Waals surface area contributed by atoms with Crippen LogP contribution in [0.25, 0.3) is 0 Å². The fourth-order valence-electron chi connectivity index (χ4n) is 0.951. The van der Waals surface area contributed by atoms with Gasteiger partial charge in [-0.25, -0.2) is 4.68 Å². The van der Waals surface area contributed by atoms with Crippen LogP contribution in [-0.4, -0.2) is 50.5 Å². The molecular formula is C8H12N4O3. The molecule has 1 heterocycles. The van der Waals surface area contributed by atoms with Crippen molar-refractivity contribution in [3.05, 3.63) is 11.9 Å². The van der Waals surface area contributed by atoms with E-state index >= 15 is 0 Å². The number of aliphatic carboxylic acids is 1. The molecule has 7 nitrogen and oxygen atoms in total. The normalized spacial score (nSPS) is 10.0. The van der Waals surface area contributed by atoms with Gasteiger partial charge in [-0.05, 0) is 6.92 Å². The molecule has 0 atom stereocenters. The summed E-state index contributed by atoms with van der Waals surface area (Å²) >= 11 is 0. The van der Waals surface area contributed by atoms with E-state index in [1.54, 1.807) is 7.05 Å². The molecule has 0 saturated heterocycles. The molecule has 0 bridgehead atoms. The fraction of sp³-hybridized carbons (Fsp3) is 0.500. The molecule has 1 rings (SSSR count). The Morgan fingerprint density at radius 3 is 2.80 bits per heavy atom. The molecule has 0 spiro atoms. The Morgan fingerprint density at radius 1 is 1.60 bits per heavy atom. The molecule has 1 N–H and O–H groups in total. The minimum Gasteiger partial charge on any atom is -0.480 e. The number of carboxylic acids is 1. The maximum Gasteiger partial charge on any atom is 0.325 e. The van der Waals surface area contributed by atoms with Crippen LogP contribution in [0.5, 0.6) is 0 Å². The van der Waals surface area contributed by atoms with Gasteiger partial charge < -0.3 is 10.0 Å². The predicted octanol–water partition coefficient (Wildman–Crippen LogP) is -0.545. The van der Waals surface area contributed by atoms with E-state index in [-0.39, 0.29) is 18.1 Å². The lowest BCUT2D eigenvalue weighted by atomic mass is 10.4. The van der Waals surface area contributed by atoms with Crippen molar-refractivity contribution in [1.82, 2.24) is 19.9 Å². The fourth-order valence-corrected chi connectivity index (χ4v) is 0.951. The van der Waals surface area contributed by atoms with Crippen LogP contribution >= 0.6 is 0 Å². The number of carboxylic acid groups (broad SMARTS) is 1. The van der Waals surface area contributed by atoms with Crippen LogP contribution in [0.3, 0.4) is 0 Å². The van der Waals surface area contributed by atoms with Gasteiger partial charge in [-0.2, -0.15) is 0 Å². The summed E-state index contributed by atoms with van der Waals surface area (Å²) in [7, 11) is 1.64. The van der Waals surface area contributed by atoms with Crippen LogP contribution in [0.4, 0.5) is 0 Å². The van der Waals surface area contributed by atoms with E-state index in [2.05, 4.69) is 10.3 Å². The maximum absolute atomic E-state index is 11.5. The average Bonchev–Trinajstić information content (AvgIpc) is 2.63. The molecule has 0 fully saturated rings. The highest BCUT2D eigenvalue weighted by Crippen LogP contribution is 1.98. The zero-order valence-electron chi connectivity index (χ0n) is 8.54. The van der Waals surface area contributed by atoms with E-state index in [1.165, 1.54) is 11.1 Å². The summed E-state index contributed by atoms with van der Waals surface area (Å²) in [6.07, 6.45) is 1.32. The standard InChI is InChI=1S/C8H12N4O3/c1-3-11(2)8(15)6-4-12(10-9-6)5-7(13)14/h4H,3,5H2,1-2H3,(H,13,14). The maximum atomic E-state index is 11.5. The molecule has 82 valence electrons. The third-order valence-electron chi connectivity index (χ3n) is 1.88. The molecule has 0 aliphatic heterocycles. The Morgan fingerprint density at radius 2 is 2.27 bits per heavy atom. The highest BCUT2D eigenvalue weighted by atomic mass is 16.4. The number of aromatic nitrogens is 3. The second kappa shape index (κ2) is 4.54. The summed E-state index contributed by atoms with van der Waals surface area (Å²) in [5.41, 5.74) is 0.153. The number of hydrogen-bond acceptors (Lipinski definition) is 4. The van der Waals surface area contributed by atoms with Crippen LogP contribution in [0.15, 0.2) is 6.20 Å². The zero-order valence-corrected chi connectivity index (χ0v) is 8.54. The Hall–Kier alpha value is -1.92. The molecule has 0 aliphatic rings. The summed E-state index contributed by atoms with van der Waals surface area (Å²) in [6, 6.07) is 0. The Balaban J connectivity index is 2.75. The lowest BCUT2D eigenvalue weighted by Crippen LogP contribution is -2.26. The van der Waals surface area contributed by atoms with Gasteiger partial charge in [0.1, 0.15) is 6.54 Å². The second-order valence-electron chi connectivity index (χ2n) is 3.01. The number of hydrogen-bond donors (Lipinski definition) is 1. The number of carbonyl (C=O) groups is 2. The first kappa shape index (κ1) is 11.2. The number of nitrogens with zero attached hydrogens (tertiary/aromatic N) is 4. The van der Waals surface area contributed by atoms with E-state index in [9.17, 15) is 9.59 Å². The van der Waals surface area contributed by atoms with Crippen LogP contribution in [0.1, 0.15) is 17.4 Å². The zero-order chi connectivity index (χ0) is 11.4. The van der Waals surface area contributed by atoms with Gasteiger partial charge in [-0.1, -0.05) is 5.21 Å². The first-order valence-electron chi connectivity index (χ1n) is 4.42. The number of carbonyl (C=O) groups excluding carboxylic acids is 1. The predicted molar refractivity (Wildman–Crippen MR) is 50.3 cm³/mol. The minimum atomic E-state index is -1.03. The summed E-state index contributed by atoms with van der Waals surface area (Å²) in [6.45, 7) is 2.10. The largest absolute Gasteiger partial charge is 0.480 e. The molecule has 0 aromatic carbocycles. The van der Waals surface area contributed by atoms with Crippen LogP contribution in [-0.2, 0) is 11.3 Å². The van der Waals surface area contributed by atoms with Gasteiger partial charge in [-0.15, -0.1) is 5.10 Å². The van der Waals surface area contributed by atoms with Crippen molar-refractivity contribution in [3.63, 3.8) is 0 Å². The van der Waals surface area contributed by atoms with Crippen molar-refractivity contribution in [3.8, 4) is 0 Å². The van der Waals surface area contributed by atoms with Crippen molar-refractivity contribution in [2.24, 2.45) is 0 Å². The van der Waals surface area contributed by atoms with E-state index in [0.717, 1.165) is 4.68 Å². The molecule has 7 heteroatoms. The van der Waals surface area contributed by atoms with Crippen LogP contribution in [0, 0.1) is 0 Å². The Kier molecular flexibility index (Phi) is 3.37. The third kappa shape index (κ3) is 2.76. The van der Waals surface area contributed by atoms with Crippen LogP contribution < -0.4 is 0 Å². The third-order valence-corrected chi connectivity index (χ3v) is 1.88. The summed E-state index contributed by atoms with van der Waals surface area (Å²) < 4.78 is 1.11. The SMILES string of the molecule is CCN(C)C(=O)c1cn(CC(=O)O)nn1. The van der Waals surface area contributed by atoms with Crippen molar-refractivity contribution in [2.45, 2.75) is 13.5 Å². The Bertz CT molecular complexity index is 374. The molecule has 0 aliphatic carbocycles. The van der Waals surface area contributed by atoms with E-state index in [0.29, 0.717) is 6.54 Å². The molecule has 0 saturated carbocycles. The van der Waals surface area contributed by atoms with Crippen molar-refractivity contribution >= 4 is 11.9 Å². The van der Waals surface area contributed by atoms with Gasteiger partial charge in [0.2, 0.25) is 0 Å². The summed E-state index contributed by atoms with van der Waals surface area (Å²) in [4.78, 5) is 23.4. The smallest absolute Gasteiger partial charge is 0.325 e. The molecule has 1 amide bonds. The quantitative estimate of drug-likeness (QED) is 0.723. The monoisotopic (exact) mass is 212 g/mol. The lowest BCUT2D eigenvalue weighted by Gasteiger charge is -2.11. The first-order valence-corrected chi connectivity index (χ1v) is 4.42. The lowest BCUT2D eigenvalue weighted by molar-refractivity contribution is -0.137. The summed E-state index contributed by atoms with van der Waals surface area (Å²) in [5, 5.41) is 15.6. The minimum absolute atomic E-state index is 0.153. The number of rotatable bonds is 4. The van der Waals surface area contributed by atoms with E-state index in [1.807, 2.05) is 6.92 Å². The van der Waals surface area contributed by atoms with Gasteiger partial charge >= 0.3 is 5.97 Å². The number of amides is 1. The van der Waals surface area contributed by atoms with Crippen molar-refractivity contribution in [2.75, 3.05) is 13.6 Å². The van der Waals surface area contributed by atoms with Gasteiger partial charge in [0, 0.05) is 13.6 Å². The molecule has 1 aromatic heterocycles. The highest BCUT2D eigenvalue weighted by Gasteiger charge is 2.14. The van der Waals surface area contributed by atoms with E-state index in [4.69, 9.17) is 5.11 Å².